The van der Waals surface area contributed by atoms with Gasteiger partial charge in [-0.3, -0.25) is 0 Å². The second-order valence-corrected chi connectivity index (χ2v) is 18.4. The molecule has 1 aromatic heterocycles. The molecule has 276 valence electrons. The van der Waals surface area contributed by atoms with Crippen LogP contribution in [-0.4, -0.2) is 0 Å². The van der Waals surface area contributed by atoms with Gasteiger partial charge in [-0.1, -0.05) is 129 Å². The molecule has 6 aliphatic rings. The zero-order chi connectivity index (χ0) is 37.6. The first-order chi connectivity index (χ1) is 28.0. The van der Waals surface area contributed by atoms with Gasteiger partial charge in [-0.05, 0) is 142 Å². The molecule has 0 atom stereocenters. The van der Waals surface area contributed by atoms with Crippen molar-refractivity contribution >= 4 is 39.0 Å². The Balaban J connectivity index is 1.09. The van der Waals surface area contributed by atoms with E-state index in [2.05, 4.69) is 170 Å². The van der Waals surface area contributed by atoms with Crippen LogP contribution < -0.4 is 4.90 Å². The van der Waals surface area contributed by atoms with Crippen molar-refractivity contribution in [3.05, 3.63) is 174 Å². The van der Waals surface area contributed by atoms with E-state index in [1.165, 1.54) is 88.0 Å². The smallest absolute Gasteiger partial charge is 0.137 e. The predicted molar refractivity (Wildman–Crippen MR) is 235 cm³/mol. The summed E-state index contributed by atoms with van der Waals surface area (Å²) in [7, 11) is 0. The number of fused-ring (bicyclic) bond motifs is 9. The highest BCUT2D eigenvalue weighted by molar-refractivity contribution is 6.14. The van der Waals surface area contributed by atoms with Gasteiger partial charge in [-0.2, -0.15) is 0 Å². The van der Waals surface area contributed by atoms with Gasteiger partial charge in [0.1, 0.15) is 11.2 Å². The third-order valence-electron chi connectivity index (χ3n) is 15.4. The van der Waals surface area contributed by atoms with Crippen LogP contribution in [0.15, 0.2) is 156 Å². The van der Waals surface area contributed by atoms with Gasteiger partial charge < -0.3 is 9.32 Å². The number of para-hydroxylation sites is 2. The van der Waals surface area contributed by atoms with Gasteiger partial charge in [-0.15, -0.1) is 0 Å². The van der Waals surface area contributed by atoms with E-state index in [0.717, 1.165) is 39.5 Å². The van der Waals surface area contributed by atoms with Crippen LogP contribution in [0.2, 0.25) is 0 Å². The van der Waals surface area contributed by atoms with E-state index in [4.69, 9.17) is 4.42 Å². The number of anilines is 3. The minimum atomic E-state index is -0.146. The van der Waals surface area contributed by atoms with Crippen LogP contribution in [0.5, 0.6) is 0 Å². The normalized spacial score (nSPS) is 24.2. The quantitative estimate of drug-likeness (QED) is 0.179. The number of hydrogen-bond acceptors (Lipinski definition) is 2. The summed E-state index contributed by atoms with van der Waals surface area (Å²) in [6.07, 6.45) is 6.94. The molecule has 0 radical (unpaired) electrons. The molecule has 0 saturated heterocycles. The van der Waals surface area contributed by atoms with Gasteiger partial charge in [0.05, 0.1) is 16.8 Å². The Labute approximate surface area is 334 Å². The average molecular weight is 736 g/mol. The fourth-order valence-corrected chi connectivity index (χ4v) is 13.6. The maximum absolute atomic E-state index is 6.60. The summed E-state index contributed by atoms with van der Waals surface area (Å²) < 4.78 is 6.60. The molecule has 1 spiro atoms. The summed E-state index contributed by atoms with van der Waals surface area (Å²) in [6, 6.07) is 57.3. The molecule has 4 bridgehead atoms. The zero-order valence-electron chi connectivity index (χ0n) is 32.6. The van der Waals surface area contributed by atoms with Crippen molar-refractivity contribution in [2.75, 3.05) is 4.90 Å². The molecule has 7 aromatic carbocycles. The highest BCUT2D eigenvalue weighted by Gasteiger charge is 2.61. The first-order valence-electron chi connectivity index (χ1n) is 21.3. The first-order valence-corrected chi connectivity index (χ1v) is 21.3. The minimum absolute atomic E-state index is 0.0743. The van der Waals surface area contributed by atoms with E-state index < -0.39 is 0 Å². The van der Waals surface area contributed by atoms with Crippen molar-refractivity contribution in [1.82, 2.24) is 0 Å². The zero-order valence-corrected chi connectivity index (χ0v) is 32.6. The Morgan fingerprint density at radius 1 is 0.474 bits per heavy atom. The van der Waals surface area contributed by atoms with Gasteiger partial charge in [0.15, 0.2) is 0 Å². The van der Waals surface area contributed by atoms with Crippen molar-refractivity contribution in [1.29, 1.82) is 0 Å². The van der Waals surface area contributed by atoms with Gasteiger partial charge in [-0.25, -0.2) is 0 Å². The molecule has 4 fully saturated rings. The summed E-state index contributed by atoms with van der Waals surface area (Å²) in [5, 5.41) is 2.30. The summed E-state index contributed by atoms with van der Waals surface area (Å²) >= 11 is 0. The standard InChI is InChI=1S/C55H45NO/c1-54(2)45-19-7-3-14-39(45)42-17-11-18-43(53(42)54)41-15-5-9-21-48(41)56(49-22-12-24-51-52(49)44-16-6-10-23-50(44)57-51)37-25-26-40-38-13-4-8-20-46(38)55(47(40)32-37)35-28-33-27-34(30-35)31-36(55)29-33/h3-26,32-36H,27-31H2,1-2H3. The van der Waals surface area contributed by atoms with Crippen LogP contribution in [0.25, 0.3) is 55.3 Å². The molecule has 2 nitrogen and oxygen atoms in total. The summed E-state index contributed by atoms with van der Waals surface area (Å²) in [6.45, 7) is 4.81. The molecule has 4 saturated carbocycles. The third-order valence-corrected chi connectivity index (χ3v) is 15.4. The van der Waals surface area contributed by atoms with E-state index in [1.54, 1.807) is 11.1 Å². The molecular formula is C55H45NO. The SMILES string of the molecule is CC1(C)c2ccccc2-c2cccc(-c3ccccc3N(c3ccc4c(c3)C3(c5ccccc5-4)C4CC5CC(C4)CC3C5)c3cccc4oc5ccccc5c34)c21. The Kier molecular flexibility index (Phi) is 6.44. The second-order valence-electron chi connectivity index (χ2n) is 18.4. The fourth-order valence-electron chi connectivity index (χ4n) is 13.6. The lowest BCUT2D eigenvalue weighted by atomic mass is 9.43. The van der Waals surface area contributed by atoms with E-state index in [0.29, 0.717) is 11.8 Å². The summed E-state index contributed by atoms with van der Waals surface area (Å²) in [4.78, 5) is 2.58. The molecule has 0 N–H and O–H groups in total. The Morgan fingerprint density at radius 3 is 1.82 bits per heavy atom. The topological polar surface area (TPSA) is 16.4 Å². The van der Waals surface area contributed by atoms with Crippen molar-refractivity contribution in [3.8, 4) is 33.4 Å². The molecule has 2 heteroatoms. The van der Waals surface area contributed by atoms with E-state index in [-0.39, 0.29) is 10.8 Å². The van der Waals surface area contributed by atoms with Gasteiger partial charge in [0.25, 0.3) is 0 Å². The monoisotopic (exact) mass is 735 g/mol. The lowest BCUT2D eigenvalue weighted by molar-refractivity contribution is -0.0399. The molecule has 0 amide bonds. The third kappa shape index (κ3) is 4.16. The maximum Gasteiger partial charge on any atom is 0.137 e. The highest BCUT2D eigenvalue weighted by Crippen LogP contribution is 2.70. The van der Waals surface area contributed by atoms with Crippen LogP contribution in [0.3, 0.4) is 0 Å². The molecule has 6 aliphatic carbocycles. The van der Waals surface area contributed by atoms with Crippen molar-refractivity contribution in [2.45, 2.75) is 56.8 Å². The van der Waals surface area contributed by atoms with Crippen LogP contribution in [0.1, 0.15) is 68.2 Å². The Morgan fingerprint density at radius 2 is 1.04 bits per heavy atom. The molecular weight excluding hydrogens is 691 g/mol. The largest absolute Gasteiger partial charge is 0.456 e. The average Bonchev–Trinajstić information content (AvgIpc) is 3.84. The van der Waals surface area contributed by atoms with E-state index in [1.807, 2.05) is 0 Å². The predicted octanol–water partition coefficient (Wildman–Crippen LogP) is 14.8. The molecule has 57 heavy (non-hydrogen) atoms. The maximum atomic E-state index is 6.60. The van der Waals surface area contributed by atoms with Gasteiger partial charge in [0, 0.05) is 27.5 Å². The highest BCUT2D eigenvalue weighted by atomic mass is 16.3. The van der Waals surface area contributed by atoms with Gasteiger partial charge in [0.2, 0.25) is 0 Å². The Bertz CT molecular complexity index is 2950. The molecule has 0 aliphatic heterocycles. The number of hydrogen-bond donors (Lipinski definition) is 0. The summed E-state index contributed by atoms with van der Waals surface area (Å²) in [5.41, 5.74) is 19.4. The number of rotatable bonds is 4. The molecule has 1 heterocycles. The lowest BCUT2D eigenvalue weighted by Gasteiger charge is -2.61. The minimum Gasteiger partial charge on any atom is -0.456 e. The van der Waals surface area contributed by atoms with Crippen molar-refractivity contribution in [3.63, 3.8) is 0 Å². The van der Waals surface area contributed by atoms with Gasteiger partial charge >= 0.3 is 0 Å². The molecule has 0 unspecified atom stereocenters. The van der Waals surface area contributed by atoms with E-state index in [9.17, 15) is 0 Å². The van der Waals surface area contributed by atoms with Crippen LogP contribution in [-0.2, 0) is 10.8 Å². The van der Waals surface area contributed by atoms with Crippen LogP contribution in [0.4, 0.5) is 17.1 Å². The number of benzene rings is 7. The molecule has 14 rings (SSSR count). The van der Waals surface area contributed by atoms with E-state index >= 15 is 0 Å². The Hall–Kier alpha value is -5.86. The second kappa shape index (κ2) is 11.4. The first kappa shape index (κ1) is 32.2. The van der Waals surface area contributed by atoms with Crippen LogP contribution >= 0.6 is 0 Å². The number of furan rings is 1. The lowest BCUT2D eigenvalue weighted by Crippen LogP contribution is -2.55. The molecule has 8 aromatic rings. The van der Waals surface area contributed by atoms with Crippen LogP contribution in [0, 0.1) is 23.7 Å². The summed E-state index contributed by atoms with van der Waals surface area (Å²) in [5.74, 6) is 3.19. The fraction of sp³-hybridized carbons (Fsp3) is 0.236. The number of nitrogens with zero attached hydrogens (tertiary/aromatic N) is 1. The van der Waals surface area contributed by atoms with Crippen molar-refractivity contribution < 1.29 is 4.42 Å². The van der Waals surface area contributed by atoms with Crippen molar-refractivity contribution in [2.24, 2.45) is 23.7 Å².